The van der Waals surface area contributed by atoms with Crippen LogP contribution in [-0.4, -0.2) is 11.3 Å². The lowest BCUT2D eigenvalue weighted by molar-refractivity contribution is -0.121. The maximum atomic E-state index is 11.6. The van der Waals surface area contributed by atoms with E-state index in [1.807, 2.05) is 12.1 Å². The molecule has 86 valence electrons. The molecule has 0 aliphatic heterocycles. The van der Waals surface area contributed by atoms with Crippen LogP contribution in [0, 0.1) is 0 Å². The number of nitrogens with one attached hydrogen (secondary N) is 1. The van der Waals surface area contributed by atoms with E-state index >= 15 is 0 Å². The molecule has 1 N–H and O–H groups in total. The lowest BCUT2D eigenvalue weighted by atomic mass is 9.88. The van der Waals surface area contributed by atoms with Crippen molar-refractivity contribution in [3.8, 4) is 0 Å². The summed E-state index contributed by atoms with van der Waals surface area (Å²) in [6.07, 6.45) is 3.24. The van der Waals surface area contributed by atoms with Crippen molar-refractivity contribution in [3.05, 3.63) is 35.4 Å². The molecule has 0 heterocycles. The monoisotopic (exact) mass is 237 g/mol. The number of hydrogen-bond donors (Lipinski definition) is 1. The normalized spacial score (nSPS) is 21.0. The van der Waals surface area contributed by atoms with Crippen LogP contribution < -0.4 is 5.32 Å². The molecule has 1 aromatic rings. The van der Waals surface area contributed by atoms with Crippen LogP contribution >= 0.6 is 11.6 Å². The first kappa shape index (κ1) is 11.5. The first-order chi connectivity index (χ1) is 7.68. The number of hydrogen-bond acceptors (Lipinski definition) is 1. The predicted octanol–water partition coefficient (Wildman–Crippen LogP) is 2.81. The summed E-state index contributed by atoms with van der Waals surface area (Å²) in [6, 6.07) is 8.44. The van der Waals surface area contributed by atoms with Gasteiger partial charge in [0.05, 0.1) is 6.04 Å². The molecule has 0 saturated heterocycles. The van der Waals surface area contributed by atoms with Crippen LogP contribution in [0.2, 0.25) is 0 Å². The number of fused-ring (bicyclic) bond motifs is 1. The molecule has 0 fully saturated rings. The minimum Gasteiger partial charge on any atom is -0.348 e. The van der Waals surface area contributed by atoms with E-state index in [0.717, 1.165) is 19.3 Å². The average Bonchev–Trinajstić information content (AvgIpc) is 2.29. The molecule has 0 radical (unpaired) electrons. The standard InChI is InChI=1S/C13H16ClNO/c1-9(14)13(16)15-12-8-4-6-10-5-2-3-7-11(10)12/h2-3,5,7,9,12H,4,6,8H2,1H3,(H,15,16)/t9-,12+/m0/s1. The zero-order valence-corrected chi connectivity index (χ0v) is 10.1. The van der Waals surface area contributed by atoms with Crippen molar-refractivity contribution in [2.75, 3.05) is 0 Å². The summed E-state index contributed by atoms with van der Waals surface area (Å²) >= 11 is 5.76. The van der Waals surface area contributed by atoms with Gasteiger partial charge in [-0.3, -0.25) is 4.79 Å². The van der Waals surface area contributed by atoms with Gasteiger partial charge < -0.3 is 5.32 Å². The van der Waals surface area contributed by atoms with E-state index in [4.69, 9.17) is 11.6 Å². The summed E-state index contributed by atoms with van der Waals surface area (Å²) in [5.74, 6) is -0.0802. The Morgan fingerprint density at radius 2 is 2.25 bits per heavy atom. The number of rotatable bonds is 2. The molecular weight excluding hydrogens is 222 g/mol. The van der Waals surface area contributed by atoms with Gasteiger partial charge in [-0.2, -0.15) is 0 Å². The number of benzene rings is 1. The summed E-state index contributed by atoms with van der Waals surface area (Å²) in [5.41, 5.74) is 2.60. The maximum absolute atomic E-state index is 11.6. The van der Waals surface area contributed by atoms with Crippen LogP contribution in [0.5, 0.6) is 0 Å². The van der Waals surface area contributed by atoms with Gasteiger partial charge in [0.25, 0.3) is 0 Å². The Balaban J connectivity index is 2.16. The van der Waals surface area contributed by atoms with Gasteiger partial charge >= 0.3 is 0 Å². The molecule has 3 heteroatoms. The number of amides is 1. The van der Waals surface area contributed by atoms with Crippen molar-refractivity contribution in [2.24, 2.45) is 0 Å². The Morgan fingerprint density at radius 3 is 3.00 bits per heavy atom. The molecule has 0 spiro atoms. The van der Waals surface area contributed by atoms with E-state index in [0.29, 0.717) is 0 Å². The van der Waals surface area contributed by atoms with Gasteiger partial charge in [-0.05, 0) is 37.3 Å². The summed E-state index contributed by atoms with van der Waals surface area (Å²) in [7, 11) is 0. The summed E-state index contributed by atoms with van der Waals surface area (Å²) in [4.78, 5) is 11.6. The second kappa shape index (κ2) is 4.88. The van der Waals surface area contributed by atoms with Crippen LogP contribution in [0.15, 0.2) is 24.3 Å². The lowest BCUT2D eigenvalue weighted by Crippen LogP contribution is -2.35. The molecule has 2 rings (SSSR count). The number of alkyl halides is 1. The molecule has 0 saturated carbocycles. The van der Waals surface area contributed by atoms with Crippen LogP contribution in [0.3, 0.4) is 0 Å². The highest BCUT2D eigenvalue weighted by molar-refractivity contribution is 6.30. The van der Waals surface area contributed by atoms with Crippen molar-refractivity contribution in [3.63, 3.8) is 0 Å². The van der Waals surface area contributed by atoms with E-state index in [9.17, 15) is 4.79 Å². The average molecular weight is 238 g/mol. The Hall–Kier alpha value is -1.02. The second-order valence-corrected chi connectivity index (χ2v) is 4.92. The summed E-state index contributed by atoms with van der Waals surface area (Å²) in [5, 5.41) is 2.54. The van der Waals surface area contributed by atoms with Gasteiger partial charge in [-0.25, -0.2) is 0 Å². The molecule has 0 unspecified atom stereocenters. The Labute approximate surface area is 101 Å². The second-order valence-electron chi connectivity index (χ2n) is 4.27. The summed E-state index contributed by atoms with van der Waals surface area (Å²) < 4.78 is 0. The van der Waals surface area contributed by atoms with Crippen LogP contribution in [0.4, 0.5) is 0 Å². The molecular formula is C13H16ClNO. The smallest absolute Gasteiger partial charge is 0.238 e. The van der Waals surface area contributed by atoms with Crippen LogP contribution in [-0.2, 0) is 11.2 Å². The number of carbonyl (C=O) groups is 1. The highest BCUT2D eigenvalue weighted by Gasteiger charge is 2.22. The number of halogens is 1. The predicted molar refractivity (Wildman–Crippen MR) is 65.6 cm³/mol. The number of aryl methyl sites for hydroxylation is 1. The SMILES string of the molecule is C[C@H](Cl)C(=O)N[C@@H]1CCCc2ccccc21. The van der Waals surface area contributed by atoms with Crippen LogP contribution in [0.25, 0.3) is 0 Å². The summed E-state index contributed by atoms with van der Waals surface area (Å²) in [6.45, 7) is 1.70. The minimum absolute atomic E-state index is 0.0802. The molecule has 1 aliphatic rings. The minimum atomic E-state index is -0.464. The van der Waals surface area contributed by atoms with Crippen molar-refractivity contribution >= 4 is 17.5 Å². The lowest BCUT2D eigenvalue weighted by Gasteiger charge is -2.26. The highest BCUT2D eigenvalue weighted by Crippen LogP contribution is 2.29. The molecule has 16 heavy (non-hydrogen) atoms. The van der Waals surface area contributed by atoms with Crippen molar-refractivity contribution in [2.45, 2.75) is 37.6 Å². The third-order valence-electron chi connectivity index (χ3n) is 3.05. The molecule has 1 aromatic carbocycles. The maximum Gasteiger partial charge on any atom is 0.238 e. The third-order valence-corrected chi connectivity index (χ3v) is 3.25. The fourth-order valence-corrected chi connectivity index (χ4v) is 2.25. The van der Waals surface area contributed by atoms with Crippen molar-refractivity contribution in [1.82, 2.24) is 5.32 Å². The van der Waals surface area contributed by atoms with Gasteiger partial charge in [0.1, 0.15) is 5.38 Å². The quantitative estimate of drug-likeness (QED) is 0.788. The largest absolute Gasteiger partial charge is 0.348 e. The van der Waals surface area contributed by atoms with Gasteiger partial charge in [0, 0.05) is 0 Å². The third kappa shape index (κ3) is 2.38. The fourth-order valence-electron chi connectivity index (χ4n) is 2.19. The van der Waals surface area contributed by atoms with Crippen LogP contribution in [0.1, 0.15) is 36.9 Å². The zero-order valence-electron chi connectivity index (χ0n) is 9.37. The zero-order chi connectivity index (χ0) is 11.5. The van der Waals surface area contributed by atoms with E-state index in [1.54, 1.807) is 6.92 Å². The molecule has 2 atom stereocenters. The van der Waals surface area contributed by atoms with E-state index in [2.05, 4.69) is 17.4 Å². The van der Waals surface area contributed by atoms with Gasteiger partial charge in [-0.1, -0.05) is 24.3 Å². The first-order valence-corrected chi connectivity index (χ1v) is 6.14. The van der Waals surface area contributed by atoms with E-state index < -0.39 is 5.38 Å². The fraction of sp³-hybridized carbons (Fsp3) is 0.462. The molecule has 0 aromatic heterocycles. The topological polar surface area (TPSA) is 29.1 Å². The Bertz CT molecular complexity index is 389. The molecule has 1 amide bonds. The Morgan fingerprint density at radius 1 is 1.50 bits per heavy atom. The van der Waals surface area contributed by atoms with Crippen molar-refractivity contribution < 1.29 is 4.79 Å². The molecule has 2 nitrogen and oxygen atoms in total. The first-order valence-electron chi connectivity index (χ1n) is 5.70. The van der Waals surface area contributed by atoms with Crippen molar-refractivity contribution in [1.29, 1.82) is 0 Å². The van der Waals surface area contributed by atoms with Gasteiger partial charge in [0.2, 0.25) is 5.91 Å². The van der Waals surface area contributed by atoms with E-state index in [-0.39, 0.29) is 11.9 Å². The molecule has 0 bridgehead atoms. The Kier molecular flexibility index (Phi) is 3.49. The van der Waals surface area contributed by atoms with Gasteiger partial charge in [0.15, 0.2) is 0 Å². The number of carbonyl (C=O) groups excluding carboxylic acids is 1. The highest BCUT2D eigenvalue weighted by atomic mass is 35.5. The van der Waals surface area contributed by atoms with Gasteiger partial charge in [-0.15, -0.1) is 11.6 Å². The van der Waals surface area contributed by atoms with E-state index in [1.165, 1.54) is 11.1 Å². The molecule has 1 aliphatic carbocycles.